The monoisotopic (exact) mass is 379 g/mol. The van der Waals surface area contributed by atoms with Gasteiger partial charge in [0.2, 0.25) is 0 Å². The topological polar surface area (TPSA) is 32.7 Å². The maximum atomic E-state index is 9.91. The van der Waals surface area contributed by atoms with E-state index in [0.717, 1.165) is 36.3 Å². The van der Waals surface area contributed by atoms with E-state index in [-0.39, 0.29) is 18.2 Å². The van der Waals surface area contributed by atoms with Crippen LogP contribution in [0.25, 0.3) is 5.57 Å². The van der Waals surface area contributed by atoms with Crippen LogP contribution in [0.5, 0.6) is 11.5 Å². The molecule has 1 N–H and O–H groups in total. The lowest BCUT2D eigenvalue weighted by Gasteiger charge is -2.18. The molecule has 0 bridgehead atoms. The van der Waals surface area contributed by atoms with Crippen LogP contribution in [0.3, 0.4) is 0 Å². The number of benzene rings is 2. The van der Waals surface area contributed by atoms with E-state index >= 15 is 0 Å². The van der Waals surface area contributed by atoms with Crippen molar-refractivity contribution in [1.29, 1.82) is 0 Å². The molecular weight excluding hydrogens is 357 g/mol. The second-order valence-corrected chi connectivity index (χ2v) is 6.78. The highest BCUT2D eigenvalue weighted by Crippen LogP contribution is 2.36. The molecule has 0 spiro atoms. The van der Waals surface area contributed by atoms with Crippen LogP contribution in [0.4, 0.5) is 0 Å². The van der Waals surface area contributed by atoms with Crippen LogP contribution < -0.4 is 4.74 Å². The van der Waals surface area contributed by atoms with Crippen molar-refractivity contribution in [2.45, 2.75) is 12.8 Å². The van der Waals surface area contributed by atoms with Crippen molar-refractivity contribution in [1.82, 2.24) is 4.90 Å². The van der Waals surface area contributed by atoms with E-state index in [1.54, 1.807) is 12.1 Å². The lowest BCUT2D eigenvalue weighted by Crippen LogP contribution is -2.17. The van der Waals surface area contributed by atoms with E-state index in [1.807, 2.05) is 24.3 Å². The van der Waals surface area contributed by atoms with Crippen LogP contribution in [-0.2, 0) is 6.42 Å². The van der Waals surface area contributed by atoms with Crippen LogP contribution in [-0.4, -0.2) is 37.3 Å². The lowest BCUT2D eigenvalue weighted by molar-refractivity contribution is 0.318. The van der Waals surface area contributed by atoms with E-state index in [2.05, 4.69) is 25.1 Å². The molecule has 1 aliphatic heterocycles. The van der Waals surface area contributed by atoms with Crippen LogP contribution in [0.2, 0.25) is 5.02 Å². The van der Waals surface area contributed by atoms with Gasteiger partial charge in [0.25, 0.3) is 0 Å². The van der Waals surface area contributed by atoms with Gasteiger partial charge in [-0.3, -0.25) is 0 Å². The third-order valence-electron chi connectivity index (χ3n) is 4.20. The maximum absolute atomic E-state index is 9.91. The number of nitrogens with zero attached hydrogens (tertiary/aromatic N) is 1. The summed E-state index contributed by atoms with van der Waals surface area (Å²) in [6.45, 7) is 1.59. The number of hydrogen-bond donors (Lipinski definition) is 1. The Bertz CT molecular complexity index is 772. The molecule has 5 heteroatoms. The van der Waals surface area contributed by atoms with Crippen molar-refractivity contribution in [3.8, 4) is 11.5 Å². The number of phenolic OH excluding ortho intramolecular Hbond substituents is 1. The minimum absolute atomic E-state index is 0. The second kappa shape index (κ2) is 8.61. The Hall–Kier alpha value is -1.68. The van der Waals surface area contributed by atoms with Gasteiger partial charge >= 0.3 is 0 Å². The smallest absolute Gasteiger partial charge is 0.134 e. The number of phenols is 1. The second-order valence-electron chi connectivity index (χ2n) is 6.38. The summed E-state index contributed by atoms with van der Waals surface area (Å²) >= 11 is 5.94. The Morgan fingerprint density at radius 2 is 1.92 bits per heavy atom. The zero-order valence-electron chi connectivity index (χ0n) is 14.5. The standard InChI is InChI=1S/C20H22ClNO2.ClH/c1-22(2)13-15-9-10-24-20-6-4-3-5-16(20)17(15)11-14-7-8-18(21)19(23)12-14;/h3-8,12,23H,9-11,13H2,1-2H3;1H. The van der Waals surface area contributed by atoms with Crippen molar-refractivity contribution in [3.63, 3.8) is 0 Å². The molecule has 0 radical (unpaired) electrons. The van der Waals surface area contributed by atoms with Gasteiger partial charge in [-0.25, -0.2) is 0 Å². The molecule has 0 aromatic heterocycles. The largest absolute Gasteiger partial charge is 0.506 e. The van der Waals surface area contributed by atoms with E-state index in [4.69, 9.17) is 16.3 Å². The Labute approximate surface area is 160 Å². The first-order valence-corrected chi connectivity index (χ1v) is 8.47. The van der Waals surface area contributed by atoms with Gasteiger partial charge in [0.05, 0.1) is 11.6 Å². The van der Waals surface area contributed by atoms with Gasteiger partial charge in [0.1, 0.15) is 11.5 Å². The summed E-state index contributed by atoms with van der Waals surface area (Å²) in [6, 6.07) is 13.6. The minimum Gasteiger partial charge on any atom is -0.506 e. The van der Waals surface area contributed by atoms with Crippen molar-refractivity contribution >= 4 is 29.6 Å². The fraction of sp³-hybridized carbons (Fsp3) is 0.300. The highest BCUT2D eigenvalue weighted by atomic mass is 35.5. The quantitative estimate of drug-likeness (QED) is 0.827. The van der Waals surface area contributed by atoms with Gasteiger partial charge in [-0.15, -0.1) is 12.4 Å². The summed E-state index contributed by atoms with van der Waals surface area (Å²) in [5, 5.41) is 10.3. The molecule has 2 aromatic carbocycles. The Morgan fingerprint density at radius 3 is 2.64 bits per heavy atom. The molecule has 0 atom stereocenters. The van der Waals surface area contributed by atoms with Gasteiger partial charge in [-0.05, 0) is 55.4 Å². The minimum atomic E-state index is 0. The van der Waals surface area contributed by atoms with E-state index in [0.29, 0.717) is 11.6 Å². The molecule has 3 rings (SSSR count). The zero-order chi connectivity index (χ0) is 17.1. The molecule has 0 fully saturated rings. The number of likely N-dealkylation sites (N-methyl/N-ethyl adjacent to an activating group) is 1. The number of hydrogen-bond acceptors (Lipinski definition) is 3. The number of aromatic hydroxyl groups is 1. The third-order valence-corrected chi connectivity index (χ3v) is 4.52. The van der Waals surface area contributed by atoms with E-state index < -0.39 is 0 Å². The summed E-state index contributed by atoms with van der Waals surface area (Å²) in [6.07, 6.45) is 1.65. The molecule has 0 aliphatic carbocycles. The average Bonchev–Trinajstić information content (AvgIpc) is 2.71. The fourth-order valence-electron chi connectivity index (χ4n) is 3.12. The van der Waals surface area contributed by atoms with Crippen LogP contribution in [0.1, 0.15) is 17.5 Å². The Kier molecular flexibility index (Phi) is 6.77. The highest BCUT2D eigenvalue weighted by molar-refractivity contribution is 6.32. The number of fused-ring (bicyclic) bond motifs is 1. The molecular formula is C20H23Cl2NO2. The maximum Gasteiger partial charge on any atom is 0.134 e. The first-order valence-electron chi connectivity index (χ1n) is 8.10. The fourth-order valence-corrected chi connectivity index (χ4v) is 3.23. The van der Waals surface area contributed by atoms with E-state index in [9.17, 15) is 5.11 Å². The number of halogens is 2. The van der Waals surface area contributed by atoms with Gasteiger partial charge in [-0.2, -0.15) is 0 Å². The van der Waals surface area contributed by atoms with Gasteiger partial charge in [-0.1, -0.05) is 35.9 Å². The van der Waals surface area contributed by atoms with Crippen molar-refractivity contribution < 1.29 is 9.84 Å². The number of ether oxygens (including phenoxy) is 1. The molecule has 1 heterocycles. The van der Waals surface area contributed by atoms with Crippen LogP contribution in [0, 0.1) is 0 Å². The van der Waals surface area contributed by atoms with Gasteiger partial charge in [0, 0.05) is 18.5 Å². The molecule has 0 amide bonds. The predicted octanol–water partition coefficient (Wildman–Crippen LogP) is 4.81. The van der Waals surface area contributed by atoms with Crippen molar-refractivity contribution in [2.75, 3.05) is 27.2 Å². The highest BCUT2D eigenvalue weighted by Gasteiger charge is 2.19. The number of para-hydroxylation sites is 1. The molecule has 0 saturated carbocycles. The first kappa shape index (κ1) is 19.6. The summed E-state index contributed by atoms with van der Waals surface area (Å²) in [7, 11) is 4.16. The average molecular weight is 380 g/mol. The molecule has 2 aromatic rings. The number of allylic oxidation sites excluding steroid dienone is 1. The normalized spacial score (nSPS) is 13.8. The molecule has 3 nitrogen and oxygen atoms in total. The number of rotatable bonds is 4. The Morgan fingerprint density at radius 1 is 1.16 bits per heavy atom. The molecule has 0 unspecified atom stereocenters. The first-order chi connectivity index (χ1) is 11.5. The molecule has 0 saturated heterocycles. The van der Waals surface area contributed by atoms with Crippen molar-refractivity contribution in [2.24, 2.45) is 0 Å². The lowest BCUT2D eigenvalue weighted by atomic mass is 9.92. The summed E-state index contributed by atoms with van der Waals surface area (Å²) in [5.74, 6) is 1.06. The SMILES string of the molecule is CN(C)CC1=C(Cc2ccc(Cl)c(O)c2)c2ccccc2OCC1.Cl. The zero-order valence-corrected chi connectivity index (χ0v) is 16.0. The van der Waals surface area contributed by atoms with Crippen LogP contribution in [0.15, 0.2) is 48.0 Å². The molecule has 134 valence electrons. The summed E-state index contributed by atoms with van der Waals surface area (Å²) in [5.41, 5.74) is 4.83. The van der Waals surface area contributed by atoms with Crippen LogP contribution >= 0.6 is 24.0 Å². The summed E-state index contributed by atoms with van der Waals surface area (Å²) < 4.78 is 5.94. The van der Waals surface area contributed by atoms with Gasteiger partial charge in [0.15, 0.2) is 0 Å². The van der Waals surface area contributed by atoms with Crippen molar-refractivity contribution in [3.05, 3.63) is 64.2 Å². The summed E-state index contributed by atoms with van der Waals surface area (Å²) in [4.78, 5) is 2.18. The van der Waals surface area contributed by atoms with E-state index in [1.165, 1.54) is 11.1 Å². The molecule has 1 aliphatic rings. The van der Waals surface area contributed by atoms with Gasteiger partial charge < -0.3 is 14.7 Å². The third kappa shape index (κ3) is 4.69. The molecule has 25 heavy (non-hydrogen) atoms. The Balaban J connectivity index is 0.00000225. The predicted molar refractivity (Wildman–Crippen MR) is 106 cm³/mol.